The van der Waals surface area contributed by atoms with E-state index in [0.29, 0.717) is 31.7 Å². The van der Waals surface area contributed by atoms with Crippen molar-refractivity contribution in [2.75, 3.05) is 33.3 Å². The Labute approximate surface area is 248 Å². The summed E-state index contributed by atoms with van der Waals surface area (Å²) in [6, 6.07) is 15.1. The van der Waals surface area contributed by atoms with Crippen LogP contribution in [-0.4, -0.2) is 78.9 Å². The van der Waals surface area contributed by atoms with Gasteiger partial charge in [-0.25, -0.2) is 0 Å². The average molecular weight is 593 g/mol. The van der Waals surface area contributed by atoms with E-state index in [1.54, 1.807) is 18.9 Å². The van der Waals surface area contributed by atoms with Crippen LogP contribution in [0.5, 0.6) is 5.75 Å². The fourth-order valence-corrected chi connectivity index (χ4v) is 5.74. The average Bonchev–Trinajstić information content (AvgIpc) is 3.42. The predicted molar refractivity (Wildman–Crippen MR) is 158 cm³/mol. The molecule has 0 spiro atoms. The van der Waals surface area contributed by atoms with Crippen molar-refractivity contribution in [3.05, 3.63) is 65.7 Å². The SMILES string of the molecule is CN[C@@H](C)C(=O)N[C@H](C(=O)N1C[C@H]2CCCN2C[C@H]1C(=O)N[C@@H]1CCOc2ccccc21)c1ccccc1.Cl.Cl. The molecular weight excluding hydrogens is 553 g/mol. The number of rotatable bonds is 7. The third kappa shape index (κ3) is 6.71. The fraction of sp³-hybridized carbons (Fsp3) is 0.483. The number of fused-ring (bicyclic) bond motifs is 2. The first kappa shape index (κ1) is 31.7. The van der Waals surface area contributed by atoms with Gasteiger partial charge in [0, 0.05) is 31.1 Å². The number of ether oxygens (including phenoxy) is 1. The van der Waals surface area contributed by atoms with Crippen LogP contribution in [0.3, 0.4) is 0 Å². The summed E-state index contributed by atoms with van der Waals surface area (Å²) in [6.45, 7) is 4.14. The monoisotopic (exact) mass is 591 g/mol. The maximum atomic E-state index is 14.2. The quantitative estimate of drug-likeness (QED) is 0.457. The second kappa shape index (κ2) is 14.2. The lowest BCUT2D eigenvalue weighted by atomic mass is 9.98. The van der Waals surface area contributed by atoms with Gasteiger partial charge in [0.25, 0.3) is 5.91 Å². The van der Waals surface area contributed by atoms with Gasteiger partial charge in [-0.15, -0.1) is 24.8 Å². The van der Waals surface area contributed by atoms with Gasteiger partial charge in [0.1, 0.15) is 17.8 Å². The molecule has 0 radical (unpaired) electrons. The molecule has 2 saturated heterocycles. The summed E-state index contributed by atoms with van der Waals surface area (Å²) in [5.74, 6) is 0.0822. The van der Waals surface area contributed by atoms with Crippen LogP contribution in [-0.2, 0) is 14.4 Å². The molecule has 0 unspecified atom stereocenters. The lowest BCUT2D eigenvalue weighted by Crippen LogP contribution is -2.64. The molecule has 2 fully saturated rings. The van der Waals surface area contributed by atoms with Gasteiger partial charge in [0.05, 0.1) is 18.7 Å². The maximum absolute atomic E-state index is 14.2. The smallest absolute Gasteiger partial charge is 0.250 e. The Morgan fingerprint density at radius 1 is 0.975 bits per heavy atom. The molecule has 3 aliphatic rings. The number of benzene rings is 2. The van der Waals surface area contributed by atoms with E-state index in [-0.39, 0.29) is 54.6 Å². The number of nitrogens with zero attached hydrogens (tertiary/aromatic N) is 2. The Balaban J connectivity index is 0.00000220. The Kier molecular flexibility index (Phi) is 11.2. The first-order chi connectivity index (χ1) is 18.5. The van der Waals surface area contributed by atoms with Crippen molar-refractivity contribution in [2.24, 2.45) is 0 Å². The molecule has 3 heterocycles. The molecule has 3 amide bonds. The summed E-state index contributed by atoms with van der Waals surface area (Å²) in [5.41, 5.74) is 1.65. The number of para-hydroxylation sites is 1. The van der Waals surface area contributed by atoms with Gasteiger partial charge in [0.2, 0.25) is 11.8 Å². The van der Waals surface area contributed by atoms with Crippen molar-refractivity contribution in [1.82, 2.24) is 25.8 Å². The van der Waals surface area contributed by atoms with Gasteiger partial charge in [0.15, 0.2) is 0 Å². The molecule has 40 heavy (non-hydrogen) atoms. The van der Waals surface area contributed by atoms with Gasteiger partial charge in [-0.3, -0.25) is 19.3 Å². The topological polar surface area (TPSA) is 103 Å². The Morgan fingerprint density at radius 2 is 1.70 bits per heavy atom. The minimum atomic E-state index is -0.883. The minimum absolute atomic E-state index is 0. The molecule has 2 aromatic rings. The molecule has 9 nitrogen and oxygen atoms in total. The van der Waals surface area contributed by atoms with E-state index < -0.39 is 18.1 Å². The molecular formula is C29H39Cl2N5O4. The molecule has 0 saturated carbocycles. The number of piperazine rings is 1. The van der Waals surface area contributed by atoms with Crippen LogP contribution in [0.25, 0.3) is 0 Å². The Morgan fingerprint density at radius 3 is 2.45 bits per heavy atom. The predicted octanol–water partition coefficient (Wildman–Crippen LogP) is 2.61. The van der Waals surface area contributed by atoms with Crippen molar-refractivity contribution in [3.63, 3.8) is 0 Å². The molecule has 11 heteroatoms. The maximum Gasteiger partial charge on any atom is 0.250 e. The van der Waals surface area contributed by atoms with E-state index in [4.69, 9.17) is 4.74 Å². The molecule has 0 bridgehead atoms. The van der Waals surface area contributed by atoms with Gasteiger partial charge in [-0.05, 0) is 45.0 Å². The zero-order chi connectivity index (χ0) is 26.6. The number of carbonyl (C=O) groups is 3. The van der Waals surface area contributed by atoms with E-state index in [0.717, 1.165) is 30.7 Å². The summed E-state index contributed by atoms with van der Waals surface area (Å²) in [7, 11) is 1.71. The molecule has 218 valence electrons. The lowest BCUT2D eigenvalue weighted by molar-refractivity contribution is -0.148. The van der Waals surface area contributed by atoms with E-state index in [2.05, 4.69) is 20.9 Å². The summed E-state index contributed by atoms with van der Waals surface area (Å²) in [5, 5.41) is 9.09. The molecule has 3 N–H and O–H groups in total. The van der Waals surface area contributed by atoms with Crippen molar-refractivity contribution < 1.29 is 19.1 Å². The van der Waals surface area contributed by atoms with Crippen molar-refractivity contribution >= 4 is 42.5 Å². The van der Waals surface area contributed by atoms with Crippen LogP contribution in [0.15, 0.2) is 54.6 Å². The van der Waals surface area contributed by atoms with Crippen LogP contribution >= 0.6 is 24.8 Å². The van der Waals surface area contributed by atoms with Crippen LogP contribution in [0.2, 0.25) is 0 Å². The second-order valence-electron chi connectivity index (χ2n) is 10.4. The summed E-state index contributed by atoms with van der Waals surface area (Å²) < 4.78 is 5.77. The number of amides is 3. The highest BCUT2D eigenvalue weighted by molar-refractivity contribution is 5.94. The highest BCUT2D eigenvalue weighted by atomic mass is 35.5. The summed E-state index contributed by atoms with van der Waals surface area (Å²) in [4.78, 5) is 45.0. The third-order valence-electron chi connectivity index (χ3n) is 8.04. The second-order valence-corrected chi connectivity index (χ2v) is 10.4. The van der Waals surface area contributed by atoms with Crippen LogP contribution in [0.1, 0.15) is 49.4 Å². The van der Waals surface area contributed by atoms with Crippen LogP contribution in [0.4, 0.5) is 0 Å². The lowest BCUT2D eigenvalue weighted by Gasteiger charge is -2.44. The standard InChI is InChI=1S/C29H37N5O4.2ClH/c1-19(30-2)27(35)32-26(20-9-4-3-5-10-20)29(37)34-17-21-11-8-15-33(21)18-24(34)28(36)31-23-14-16-38-25-13-7-6-12-22(23)25;;/h3-7,9-10,12-13,19,21,23-24,26,30H,8,11,14-18H2,1-2H3,(H,31,36)(H,32,35);2*1H/t19-,21+,23+,24-,26-;;/m0../s1. The molecule has 3 aliphatic heterocycles. The normalized spacial score (nSPS) is 23.1. The third-order valence-corrected chi connectivity index (χ3v) is 8.04. The molecule has 2 aromatic carbocycles. The number of carbonyl (C=O) groups excluding carboxylic acids is 3. The molecule has 0 aliphatic carbocycles. The van der Waals surface area contributed by atoms with E-state index in [9.17, 15) is 14.4 Å². The largest absolute Gasteiger partial charge is 0.493 e. The van der Waals surface area contributed by atoms with Crippen molar-refractivity contribution in [1.29, 1.82) is 0 Å². The number of hydrogen-bond donors (Lipinski definition) is 3. The van der Waals surface area contributed by atoms with Crippen LogP contribution in [0, 0.1) is 0 Å². The van der Waals surface area contributed by atoms with Gasteiger partial charge in [-0.2, -0.15) is 0 Å². The highest BCUT2D eigenvalue weighted by Crippen LogP contribution is 2.33. The van der Waals surface area contributed by atoms with Gasteiger partial charge in [-0.1, -0.05) is 48.5 Å². The zero-order valence-electron chi connectivity index (χ0n) is 22.9. The van der Waals surface area contributed by atoms with Crippen LogP contribution < -0.4 is 20.7 Å². The van der Waals surface area contributed by atoms with Gasteiger partial charge >= 0.3 is 0 Å². The van der Waals surface area contributed by atoms with E-state index in [1.165, 1.54) is 0 Å². The highest BCUT2D eigenvalue weighted by Gasteiger charge is 2.44. The minimum Gasteiger partial charge on any atom is -0.493 e. The number of hydrogen-bond acceptors (Lipinski definition) is 6. The molecule has 0 aromatic heterocycles. The summed E-state index contributed by atoms with van der Waals surface area (Å²) in [6.07, 6.45) is 2.71. The van der Waals surface area contributed by atoms with Crippen molar-refractivity contribution in [2.45, 2.75) is 56.4 Å². The first-order valence-electron chi connectivity index (χ1n) is 13.6. The zero-order valence-corrected chi connectivity index (χ0v) is 24.5. The first-order valence-corrected chi connectivity index (χ1v) is 13.6. The molecule has 5 rings (SSSR count). The number of nitrogens with one attached hydrogen (secondary N) is 3. The number of likely N-dealkylation sites (N-methyl/N-ethyl adjacent to an activating group) is 1. The van der Waals surface area contributed by atoms with E-state index in [1.807, 2.05) is 54.6 Å². The fourth-order valence-electron chi connectivity index (χ4n) is 5.74. The number of halogens is 2. The Bertz CT molecular complexity index is 1170. The van der Waals surface area contributed by atoms with Gasteiger partial charge < -0.3 is 25.6 Å². The summed E-state index contributed by atoms with van der Waals surface area (Å²) >= 11 is 0. The van der Waals surface area contributed by atoms with E-state index >= 15 is 0 Å². The van der Waals surface area contributed by atoms with Crippen molar-refractivity contribution in [3.8, 4) is 5.75 Å². The Hall–Kier alpha value is -2.85. The molecule has 5 atom stereocenters.